The normalized spacial score (nSPS) is 20.4. The molecule has 2 rings (SSSR count). The lowest BCUT2D eigenvalue weighted by Crippen LogP contribution is -2.36. The topological polar surface area (TPSA) is 23.5 Å². The molecule has 1 aromatic rings. The van der Waals surface area contributed by atoms with Crippen LogP contribution in [0.15, 0.2) is 30.3 Å². The van der Waals surface area contributed by atoms with Crippen molar-refractivity contribution in [2.45, 2.75) is 32.3 Å². The van der Waals surface area contributed by atoms with E-state index in [-0.39, 0.29) is 6.10 Å². The Morgan fingerprint density at radius 3 is 2.47 bits per heavy atom. The van der Waals surface area contributed by atoms with Crippen molar-refractivity contribution in [1.82, 2.24) is 4.90 Å². The van der Waals surface area contributed by atoms with Crippen molar-refractivity contribution in [3.05, 3.63) is 35.9 Å². The number of benzene rings is 1. The second-order valence-corrected chi connectivity index (χ2v) is 5.08. The van der Waals surface area contributed by atoms with Gasteiger partial charge in [-0.25, -0.2) is 0 Å². The van der Waals surface area contributed by atoms with E-state index in [4.69, 9.17) is 0 Å². The molecular formula is C15H23NO. The van der Waals surface area contributed by atoms with Crippen molar-refractivity contribution in [1.29, 1.82) is 0 Å². The average Bonchev–Trinajstić information content (AvgIpc) is 2.40. The molecule has 1 fully saturated rings. The number of hydrogen-bond acceptors (Lipinski definition) is 2. The Kier molecular flexibility index (Phi) is 4.57. The van der Waals surface area contributed by atoms with Gasteiger partial charge in [0.05, 0.1) is 6.10 Å². The number of β-amino-alcohol motifs (C(OH)–C–C–N with tert-alkyl or cyclic N) is 1. The van der Waals surface area contributed by atoms with Crippen molar-refractivity contribution >= 4 is 0 Å². The highest BCUT2D eigenvalue weighted by molar-refractivity contribution is 5.17. The smallest absolute Gasteiger partial charge is 0.0916 e. The highest BCUT2D eigenvalue weighted by Gasteiger charge is 2.20. The Bertz CT molecular complexity index is 317. The van der Waals surface area contributed by atoms with Crippen molar-refractivity contribution < 1.29 is 5.11 Å². The molecule has 0 bridgehead atoms. The Hall–Kier alpha value is -0.860. The summed E-state index contributed by atoms with van der Waals surface area (Å²) in [6.07, 6.45) is 3.54. The molecule has 0 spiro atoms. The largest absolute Gasteiger partial charge is 0.387 e. The third kappa shape index (κ3) is 3.55. The first kappa shape index (κ1) is 12.6. The minimum Gasteiger partial charge on any atom is -0.387 e. The molecule has 1 aromatic carbocycles. The van der Waals surface area contributed by atoms with Gasteiger partial charge in [-0.3, -0.25) is 0 Å². The van der Waals surface area contributed by atoms with Gasteiger partial charge in [-0.05, 0) is 37.4 Å². The first-order valence-corrected chi connectivity index (χ1v) is 6.75. The fraction of sp³-hybridized carbons (Fsp3) is 0.600. The second kappa shape index (κ2) is 6.18. The summed E-state index contributed by atoms with van der Waals surface area (Å²) in [6.45, 7) is 5.34. The summed E-state index contributed by atoms with van der Waals surface area (Å²) in [6, 6.07) is 9.97. The minimum atomic E-state index is -0.339. The summed E-state index contributed by atoms with van der Waals surface area (Å²) in [5.41, 5.74) is 1.03. The van der Waals surface area contributed by atoms with Gasteiger partial charge < -0.3 is 10.0 Å². The first-order chi connectivity index (χ1) is 8.29. The molecule has 0 aliphatic carbocycles. The Labute approximate surface area is 104 Å². The molecule has 17 heavy (non-hydrogen) atoms. The van der Waals surface area contributed by atoms with E-state index in [0.717, 1.165) is 31.1 Å². The summed E-state index contributed by atoms with van der Waals surface area (Å²) in [7, 11) is 0. The Balaban J connectivity index is 1.82. The van der Waals surface area contributed by atoms with Crippen LogP contribution in [0.1, 0.15) is 37.9 Å². The Morgan fingerprint density at radius 2 is 1.88 bits per heavy atom. The van der Waals surface area contributed by atoms with Gasteiger partial charge in [-0.2, -0.15) is 0 Å². The number of rotatable bonds is 4. The van der Waals surface area contributed by atoms with E-state index in [1.165, 1.54) is 19.3 Å². The van der Waals surface area contributed by atoms with E-state index in [1.54, 1.807) is 0 Å². The van der Waals surface area contributed by atoms with Gasteiger partial charge in [0, 0.05) is 6.54 Å². The zero-order valence-electron chi connectivity index (χ0n) is 10.7. The van der Waals surface area contributed by atoms with Crippen molar-refractivity contribution in [2.24, 2.45) is 5.92 Å². The summed E-state index contributed by atoms with van der Waals surface area (Å²) in [5.74, 6) is 0.903. The van der Waals surface area contributed by atoms with Gasteiger partial charge in [-0.15, -0.1) is 0 Å². The summed E-state index contributed by atoms with van der Waals surface area (Å²) in [4.78, 5) is 2.39. The second-order valence-electron chi connectivity index (χ2n) is 5.08. The maximum absolute atomic E-state index is 10.2. The van der Waals surface area contributed by atoms with Crippen LogP contribution in [0, 0.1) is 5.92 Å². The van der Waals surface area contributed by atoms with Crippen LogP contribution < -0.4 is 0 Å². The van der Waals surface area contributed by atoms with Gasteiger partial charge in [-0.1, -0.05) is 43.7 Å². The lowest BCUT2D eigenvalue weighted by Gasteiger charge is -2.32. The lowest BCUT2D eigenvalue weighted by molar-refractivity contribution is 0.0887. The third-order valence-corrected chi connectivity index (χ3v) is 3.90. The molecule has 0 radical (unpaired) electrons. The third-order valence-electron chi connectivity index (χ3n) is 3.90. The van der Waals surface area contributed by atoms with Crippen LogP contribution in [0.5, 0.6) is 0 Å². The summed E-state index contributed by atoms with van der Waals surface area (Å²) >= 11 is 0. The number of piperidine rings is 1. The fourth-order valence-electron chi connectivity index (χ4n) is 2.60. The monoisotopic (exact) mass is 233 g/mol. The molecule has 2 heteroatoms. The van der Waals surface area contributed by atoms with Gasteiger partial charge in [0.25, 0.3) is 0 Å². The fourth-order valence-corrected chi connectivity index (χ4v) is 2.60. The molecule has 1 unspecified atom stereocenters. The average molecular weight is 233 g/mol. The highest BCUT2D eigenvalue weighted by Crippen LogP contribution is 2.22. The standard InChI is InChI=1S/C15H23NO/c1-2-13-8-10-16(11-9-13)12-15(17)14-6-4-3-5-7-14/h3-7,13,15,17H,2,8-12H2,1H3. The number of likely N-dealkylation sites (tertiary alicyclic amines) is 1. The molecule has 1 N–H and O–H groups in total. The summed E-state index contributed by atoms with van der Waals surface area (Å²) < 4.78 is 0. The highest BCUT2D eigenvalue weighted by atomic mass is 16.3. The van der Waals surface area contributed by atoms with E-state index in [2.05, 4.69) is 11.8 Å². The van der Waals surface area contributed by atoms with E-state index in [1.807, 2.05) is 30.3 Å². The molecule has 2 nitrogen and oxygen atoms in total. The number of nitrogens with zero attached hydrogens (tertiary/aromatic N) is 1. The van der Waals surface area contributed by atoms with Crippen LogP contribution in [0.25, 0.3) is 0 Å². The number of aliphatic hydroxyl groups excluding tert-OH is 1. The molecule has 1 aliphatic rings. The van der Waals surface area contributed by atoms with Gasteiger partial charge >= 0.3 is 0 Å². The van der Waals surface area contributed by atoms with Crippen LogP contribution >= 0.6 is 0 Å². The van der Waals surface area contributed by atoms with E-state index >= 15 is 0 Å². The number of hydrogen-bond donors (Lipinski definition) is 1. The van der Waals surface area contributed by atoms with Gasteiger partial charge in [0.15, 0.2) is 0 Å². The molecule has 1 heterocycles. The van der Waals surface area contributed by atoms with E-state index < -0.39 is 0 Å². The quantitative estimate of drug-likeness (QED) is 0.864. The minimum absolute atomic E-state index is 0.339. The number of aliphatic hydroxyl groups is 1. The maximum atomic E-state index is 10.2. The predicted molar refractivity (Wildman–Crippen MR) is 70.9 cm³/mol. The molecule has 0 amide bonds. The van der Waals surface area contributed by atoms with Gasteiger partial charge in [0.2, 0.25) is 0 Å². The first-order valence-electron chi connectivity index (χ1n) is 6.75. The zero-order chi connectivity index (χ0) is 12.1. The van der Waals surface area contributed by atoms with Crippen LogP contribution in [-0.4, -0.2) is 29.6 Å². The maximum Gasteiger partial charge on any atom is 0.0916 e. The summed E-state index contributed by atoms with van der Waals surface area (Å²) in [5, 5.41) is 10.2. The molecular weight excluding hydrogens is 210 g/mol. The SMILES string of the molecule is CCC1CCN(CC(O)c2ccccc2)CC1. The molecule has 1 atom stereocenters. The van der Waals surface area contributed by atoms with E-state index in [9.17, 15) is 5.11 Å². The van der Waals surface area contributed by atoms with Crippen molar-refractivity contribution in [3.8, 4) is 0 Å². The molecule has 0 saturated carbocycles. The van der Waals surface area contributed by atoms with Crippen LogP contribution in [0.4, 0.5) is 0 Å². The van der Waals surface area contributed by atoms with Crippen LogP contribution in [0.2, 0.25) is 0 Å². The van der Waals surface area contributed by atoms with Crippen molar-refractivity contribution in [3.63, 3.8) is 0 Å². The van der Waals surface area contributed by atoms with Crippen molar-refractivity contribution in [2.75, 3.05) is 19.6 Å². The van der Waals surface area contributed by atoms with Gasteiger partial charge in [0.1, 0.15) is 0 Å². The van der Waals surface area contributed by atoms with E-state index in [0.29, 0.717) is 0 Å². The van der Waals surface area contributed by atoms with Crippen LogP contribution in [-0.2, 0) is 0 Å². The zero-order valence-corrected chi connectivity index (χ0v) is 10.7. The predicted octanol–water partition coefficient (Wildman–Crippen LogP) is 2.84. The molecule has 1 saturated heterocycles. The van der Waals surface area contributed by atoms with Crippen LogP contribution in [0.3, 0.4) is 0 Å². The molecule has 94 valence electrons. The lowest BCUT2D eigenvalue weighted by atomic mass is 9.94. The molecule has 1 aliphatic heterocycles. The Morgan fingerprint density at radius 1 is 1.24 bits per heavy atom. The molecule has 0 aromatic heterocycles.